The Bertz CT molecular complexity index is 1150. The predicted octanol–water partition coefficient (Wildman–Crippen LogP) is 2.02. The first-order valence-electron chi connectivity index (χ1n) is 10.8. The molecule has 3 aromatic rings. The highest BCUT2D eigenvalue weighted by Gasteiger charge is 2.52. The number of hydrogen-bond acceptors (Lipinski definition) is 6. The second-order valence-electron chi connectivity index (χ2n) is 8.98. The van der Waals surface area contributed by atoms with Gasteiger partial charge in [-0.05, 0) is 15.4 Å². The van der Waals surface area contributed by atoms with Crippen molar-refractivity contribution in [2.75, 3.05) is 5.75 Å². The van der Waals surface area contributed by atoms with Gasteiger partial charge in [-0.2, -0.15) is 0 Å². The van der Waals surface area contributed by atoms with Gasteiger partial charge in [0.1, 0.15) is 6.23 Å². The Labute approximate surface area is 197 Å². The molecule has 3 atom stereocenters. The number of benzene rings is 2. The van der Waals surface area contributed by atoms with E-state index >= 15 is 0 Å². The molecule has 0 aliphatic carbocycles. The summed E-state index contributed by atoms with van der Waals surface area (Å²) in [4.78, 5) is 25.8. The molecule has 0 amide bonds. The summed E-state index contributed by atoms with van der Waals surface area (Å²) in [6.07, 6.45) is -0.420. The number of aliphatic hydroxyl groups is 1. The van der Waals surface area contributed by atoms with Gasteiger partial charge in [0.15, 0.2) is 11.7 Å². The molecule has 4 rings (SSSR count). The Balaban J connectivity index is 1.67. The van der Waals surface area contributed by atoms with Gasteiger partial charge in [-0.3, -0.25) is 14.3 Å². The van der Waals surface area contributed by atoms with Crippen LogP contribution in [0.15, 0.2) is 82.5 Å². The standard InChI is InChI=1S/C24H28N2O5SSi/c1-24(2,3)33(17-10-6-4-7-11-17,18-12-8-5-9-13-18)31-21(28)22-30-20(16-32-22)26-15-14-19(27)25-23(26)29/h4-15,20-22,28H,16H2,1-3H3,(H,25,27,29)/t20-,21?,22+/m1/s1. The zero-order valence-corrected chi connectivity index (χ0v) is 20.6. The first kappa shape index (κ1) is 23.7. The van der Waals surface area contributed by atoms with E-state index < -0.39 is 37.5 Å². The molecule has 2 N–H and O–H groups in total. The summed E-state index contributed by atoms with van der Waals surface area (Å²) in [6.45, 7) is 6.41. The number of H-pyrrole nitrogens is 1. The molecule has 1 saturated heterocycles. The van der Waals surface area contributed by atoms with E-state index in [1.54, 1.807) is 0 Å². The van der Waals surface area contributed by atoms with Crippen LogP contribution < -0.4 is 21.6 Å². The van der Waals surface area contributed by atoms with E-state index in [2.05, 4.69) is 50.0 Å². The van der Waals surface area contributed by atoms with Crippen LogP contribution in [0.3, 0.4) is 0 Å². The van der Waals surface area contributed by atoms with Crippen LogP contribution in [0.1, 0.15) is 27.0 Å². The highest BCUT2D eigenvalue weighted by molar-refractivity contribution is 8.00. The molecule has 2 heterocycles. The molecule has 1 aliphatic heterocycles. The average Bonchev–Trinajstić information content (AvgIpc) is 3.28. The molecule has 2 aromatic carbocycles. The predicted molar refractivity (Wildman–Crippen MR) is 132 cm³/mol. The van der Waals surface area contributed by atoms with Crippen LogP contribution in [0.2, 0.25) is 5.04 Å². The lowest BCUT2D eigenvalue weighted by Gasteiger charge is -2.44. The highest BCUT2D eigenvalue weighted by atomic mass is 32.2. The minimum absolute atomic E-state index is 0.296. The zero-order chi connectivity index (χ0) is 23.6. The van der Waals surface area contributed by atoms with E-state index in [-0.39, 0.29) is 5.04 Å². The van der Waals surface area contributed by atoms with Crippen LogP contribution in [0.5, 0.6) is 0 Å². The molecule has 0 spiro atoms. The minimum Gasteiger partial charge on any atom is -0.380 e. The normalized spacial score (nSPS) is 20.0. The topological polar surface area (TPSA) is 93.5 Å². The largest absolute Gasteiger partial charge is 0.380 e. The van der Waals surface area contributed by atoms with E-state index in [9.17, 15) is 14.7 Å². The Kier molecular flexibility index (Phi) is 6.78. The SMILES string of the molecule is CC(C)(C)[Si](OC(O)[C@H]1O[C@@H](n2ccc(=O)[nH]c2=O)CS1)(c1ccccc1)c1ccccc1. The van der Waals surface area contributed by atoms with Crippen LogP contribution in [0, 0.1) is 0 Å². The summed E-state index contributed by atoms with van der Waals surface area (Å²) in [5.74, 6) is 0.442. The van der Waals surface area contributed by atoms with E-state index in [0.717, 1.165) is 10.4 Å². The van der Waals surface area contributed by atoms with Crippen molar-refractivity contribution in [3.8, 4) is 0 Å². The van der Waals surface area contributed by atoms with Crippen LogP contribution in [-0.2, 0) is 9.16 Å². The average molecular weight is 485 g/mol. The lowest BCUT2D eigenvalue weighted by Crippen LogP contribution is -2.68. The summed E-state index contributed by atoms with van der Waals surface area (Å²) in [6, 6.07) is 21.4. The van der Waals surface area contributed by atoms with E-state index in [1.165, 1.54) is 28.6 Å². The molecule has 1 aromatic heterocycles. The molecule has 9 heteroatoms. The Morgan fingerprint density at radius 3 is 2.15 bits per heavy atom. The van der Waals surface area contributed by atoms with Crippen LogP contribution >= 0.6 is 11.8 Å². The molecule has 33 heavy (non-hydrogen) atoms. The number of aromatic nitrogens is 2. The van der Waals surface area contributed by atoms with Crippen molar-refractivity contribution in [1.29, 1.82) is 0 Å². The fraction of sp³-hybridized carbons (Fsp3) is 0.333. The van der Waals surface area contributed by atoms with Crippen LogP contribution in [-0.4, -0.2) is 40.5 Å². The van der Waals surface area contributed by atoms with Gasteiger partial charge in [0.2, 0.25) is 0 Å². The number of rotatable bonds is 6. The second kappa shape index (κ2) is 9.44. The molecule has 0 saturated carbocycles. The third-order valence-corrected chi connectivity index (χ3v) is 12.0. The van der Waals surface area contributed by atoms with E-state index in [1.807, 2.05) is 36.4 Å². The first-order chi connectivity index (χ1) is 15.7. The Hall–Kier alpha value is -2.43. The lowest BCUT2D eigenvalue weighted by atomic mass is 10.2. The maximum absolute atomic E-state index is 12.2. The second-order valence-corrected chi connectivity index (χ2v) is 14.4. The molecule has 0 bridgehead atoms. The number of ether oxygens (including phenoxy) is 1. The van der Waals surface area contributed by atoms with Crippen molar-refractivity contribution in [1.82, 2.24) is 9.55 Å². The third kappa shape index (κ3) is 4.64. The molecule has 7 nitrogen and oxygen atoms in total. The summed E-state index contributed by atoms with van der Waals surface area (Å²) < 4.78 is 14.0. The van der Waals surface area contributed by atoms with Gasteiger partial charge in [0.05, 0.1) is 0 Å². The minimum atomic E-state index is -2.96. The molecular formula is C24H28N2O5SSi. The van der Waals surface area contributed by atoms with E-state index in [4.69, 9.17) is 9.16 Å². The number of thioether (sulfide) groups is 1. The monoisotopic (exact) mass is 484 g/mol. The van der Waals surface area contributed by atoms with Gasteiger partial charge >= 0.3 is 5.69 Å². The number of nitrogens with zero attached hydrogens (tertiary/aromatic N) is 1. The van der Waals surface area contributed by atoms with Gasteiger partial charge in [-0.25, -0.2) is 4.79 Å². The first-order valence-corrected chi connectivity index (χ1v) is 13.7. The van der Waals surface area contributed by atoms with Crippen molar-refractivity contribution in [3.63, 3.8) is 0 Å². The summed E-state index contributed by atoms with van der Waals surface area (Å²) in [5.41, 5.74) is -1.69. The molecule has 1 unspecified atom stereocenters. The van der Waals surface area contributed by atoms with Crippen molar-refractivity contribution in [2.45, 2.75) is 43.8 Å². The maximum Gasteiger partial charge on any atom is 0.330 e. The number of hydrogen-bond donors (Lipinski definition) is 2. The van der Waals surface area contributed by atoms with Crippen molar-refractivity contribution in [3.05, 3.63) is 93.8 Å². The smallest absolute Gasteiger partial charge is 0.330 e. The van der Waals surface area contributed by atoms with Gasteiger partial charge in [0, 0.05) is 18.0 Å². The number of aromatic amines is 1. The number of aliphatic hydroxyl groups excluding tert-OH is 1. The zero-order valence-electron chi connectivity index (χ0n) is 18.8. The Morgan fingerprint density at radius 2 is 1.64 bits per heavy atom. The molecule has 1 aliphatic rings. The van der Waals surface area contributed by atoms with Gasteiger partial charge < -0.3 is 14.3 Å². The molecule has 174 valence electrons. The van der Waals surface area contributed by atoms with Crippen molar-refractivity contribution < 1.29 is 14.3 Å². The van der Waals surface area contributed by atoms with Crippen LogP contribution in [0.4, 0.5) is 0 Å². The van der Waals surface area contributed by atoms with Crippen LogP contribution in [0.25, 0.3) is 0 Å². The van der Waals surface area contributed by atoms with Crippen molar-refractivity contribution >= 4 is 30.5 Å². The van der Waals surface area contributed by atoms with Gasteiger partial charge in [-0.15, -0.1) is 11.8 Å². The Morgan fingerprint density at radius 1 is 1.06 bits per heavy atom. The molecule has 1 fully saturated rings. The van der Waals surface area contributed by atoms with E-state index in [0.29, 0.717) is 5.75 Å². The highest BCUT2D eigenvalue weighted by Crippen LogP contribution is 2.40. The fourth-order valence-corrected chi connectivity index (χ4v) is 9.91. The van der Waals surface area contributed by atoms with Gasteiger partial charge in [0.25, 0.3) is 13.9 Å². The third-order valence-electron chi connectivity index (χ3n) is 5.80. The summed E-state index contributed by atoms with van der Waals surface area (Å²) >= 11 is 1.38. The quantitative estimate of drug-likeness (QED) is 0.411. The molecular weight excluding hydrogens is 456 g/mol. The maximum atomic E-state index is 12.2. The summed E-state index contributed by atoms with van der Waals surface area (Å²) in [7, 11) is -2.96. The number of nitrogens with one attached hydrogen (secondary N) is 1. The van der Waals surface area contributed by atoms with Crippen molar-refractivity contribution in [2.24, 2.45) is 0 Å². The summed E-state index contributed by atoms with van der Waals surface area (Å²) in [5, 5.41) is 13.1. The van der Waals surface area contributed by atoms with Gasteiger partial charge in [-0.1, -0.05) is 81.4 Å². The fourth-order valence-electron chi connectivity index (χ4n) is 4.29. The molecule has 0 radical (unpaired) electrons. The lowest BCUT2D eigenvalue weighted by molar-refractivity contribution is -0.121.